The number of fused-ring (bicyclic) bond motifs is 2. The zero-order valence-corrected chi connectivity index (χ0v) is 70.1. The number of unbranched alkanes of at least 4 members (excludes halogenated alkanes) is 3. The van der Waals surface area contributed by atoms with Crippen LogP contribution in [0.5, 0.6) is 0 Å². The first-order valence-corrected chi connectivity index (χ1v) is 40.8. The SMILES string of the molecule is COC(=O)CC1NC2=CCC([C@@H](O)N(C)C[C@@H]3NC4=CC=CCC4N3)C=C2CN(CCCCCCNC(=O)[C@H](CC[C@@H](O)NC[C@H](O)[C@@H](O)[C@H](O)[C@H](O)CO)N[C@H](O)[C@H](CCC(=O)NC[C@@H](O)[C@H](O)[C@@H](O)[C@@H](O)CO)NC(=O)CN2CCN(CC(=O)OC(C)(C)C)CCN(CC(=O)OC(C)(C)C)CCN(CC(=O)OC(C)(C)C)CC2)[C@@H]1O. The molecule has 117 heavy (non-hydrogen) atoms. The van der Waals surface area contributed by atoms with Crippen LogP contribution in [0.2, 0.25) is 0 Å². The number of allylic oxidation sites excluding steroid dienone is 3. The second-order valence-electron chi connectivity index (χ2n) is 34.0. The number of amides is 3. The molecule has 3 amide bonds. The lowest BCUT2D eigenvalue weighted by Crippen LogP contribution is -2.58. The first-order chi connectivity index (χ1) is 54.9. The van der Waals surface area contributed by atoms with Crippen molar-refractivity contribution in [3.8, 4) is 0 Å². The quantitative estimate of drug-likeness (QED) is 0.0117. The number of aliphatic hydroxyl groups excluding tert-OH is 14. The van der Waals surface area contributed by atoms with E-state index >= 15 is 0 Å². The number of hydrogen-bond donors (Lipinski definition) is 22. The number of esters is 4. The number of carbonyl (C=O) groups excluding carboxylic acids is 7. The maximum absolute atomic E-state index is 14.8. The Hall–Kier alpha value is -6.07. The minimum atomic E-state index is -2.04. The number of methoxy groups -OCH3 is 1. The number of aliphatic hydroxyl groups is 14. The Kier molecular flexibility index (Phi) is 43.2. The second-order valence-corrected chi connectivity index (χ2v) is 34.0. The monoisotopic (exact) mass is 1670 g/mol. The van der Waals surface area contributed by atoms with Gasteiger partial charge in [-0.15, -0.1) is 0 Å². The molecule has 22 N–H and O–H groups in total. The van der Waals surface area contributed by atoms with E-state index in [4.69, 9.17) is 18.9 Å². The lowest BCUT2D eigenvalue weighted by atomic mass is 9.91. The number of likely N-dealkylation sites (N-methyl/N-ethyl adjacent to an activating group) is 1. The molecule has 39 nitrogen and oxygen atoms in total. The predicted octanol–water partition coefficient (Wildman–Crippen LogP) is -6.91. The maximum atomic E-state index is 14.8. The molecule has 2 aliphatic carbocycles. The fourth-order valence-electron chi connectivity index (χ4n) is 14.0. The van der Waals surface area contributed by atoms with Crippen molar-refractivity contribution in [2.75, 3.05) is 145 Å². The molecule has 0 bridgehead atoms. The van der Waals surface area contributed by atoms with Gasteiger partial charge in [-0.25, -0.2) is 0 Å². The van der Waals surface area contributed by atoms with E-state index in [0.717, 1.165) is 23.4 Å². The van der Waals surface area contributed by atoms with Crippen LogP contribution in [0, 0.1) is 5.92 Å². The Morgan fingerprint density at radius 3 is 1.63 bits per heavy atom. The topological polar surface area (TPSA) is 555 Å². The standard InChI is InChI=1S/C78H140N14O25/c1-76(2,3)115-65(103)43-89-30-28-88(29-31-90(44-66(104)116-77(4,5)6)33-35-91(34-32-89)45-67(105)117-78(7,8)9)42-63(101)85-54(23-25-62(100)81-39-57(96)69(107)71(109)59(98)47-94)73(111)86-53(22-24-61(99)80-38-56(95)68(106)70(108)58(97)46-93)72(110)79-26-16-12-13-17-27-92-40-49-36-48(20-21-50(49)82-55(75(92)113)37-64(102)114-11)74(112)87(10)41-60-83-51-18-14-15-19-52(51)84-60/h14-15,18,21,36,48,52-61,68-71,73-75,80,82-84,86,93-99,106-109,111-113H,12-13,16-17,19-20,22-35,37-47H2,1-11H3,(H,79,110)(H,81,100)(H,85,101)/t48?,52?,53-,54-,55?,56-,57+,58+,59-,60+,61+,68+,69-,70+,71-,73+,74+,75+/m0/s1. The molecule has 0 radical (unpaired) electrons. The maximum Gasteiger partial charge on any atom is 0.320 e. The van der Waals surface area contributed by atoms with Crippen molar-refractivity contribution in [3.63, 3.8) is 0 Å². The molecule has 0 aromatic rings. The number of ether oxygens (including phenoxy) is 4. The fourth-order valence-corrected chi connectivity index (χ4v) is 14.0. The van der Waals surface area contributed by atoms with Crippen molar-refractivity contribution in [1.82, 2.24) is 71.9 Å². The molecule has 18 atom stereocenters. The van der Waals surface area contributed by atoms with E-state index in [2.05, 4.69) is 48.6 Å². The van der Waals surface area contributed by atoms with Crippen molar-refractivity contribution in [3.05, 3.63) is 47.3 Å². The van der Waals surface area contributed by atoms with E-state index in [1.54, 1.807) is 67.2 Å². The van der Waals surface area contributed by atoms with E-state index in [-0.39, 0.29) is 122 Å². The zero-order valence-electron chi connectivity index (χ0n) is 70.1. The summed E-state index contributed by atoms with van der Waals surface area (Å²) >= 11 is 0. The molecule has 0 saturated carbocycles. The van der Waals surface area contributed by atoms with Crippen LogP contribution < -0.4 is 42.5 Å². The lowest BCUT2D eigenvalue weighted by molar-refractivity contribution is -0.158. The molecule has 3 unspecified atom stereocenters. The average Bonchev–Trinajstić information content (AvgIpc) is 1.70. The Morgan fingerprint density at radius 1 is 0.607 bits per heavy atom. The summed E-state index contributed by atoms with van der Waals surface area (Å²) < 4.78 is 22.1. The highest BCUT2D eigenvalue weighted by molar-refractivity contribution is 5.82. The molecular weight excluding hydrogens is 1530 g/mol. The molecule has 0 aromatic heterocycles. The molecule has 672 valence electrons. The van der Waals surface area contributed by atoms with Crippen LogP contribution in [0.15, 0.2) is 47.3 Å². The van der Waals surface area contributed by atoms with Crippen molar-refractivity contribution in [2.24, 2.45) is 5.92 Å². The smallest absolute Gasteiger partial charge is 0.320 e. The van der Waals surface area contributed by atoms with Crippen LogP contribution >= 0.6 is 0 Å². The molecule has 3 aliphatic heterocycles. The number of rotatable bonds is 45. The second kappa shape index (κ2) is 49.7. The minimum absolute atomic E-state index is 0.0701. The Morgan fingerprint density at radius 2 is 1.12 bits per heavy atom. The van der Waals surface area contributed by atoms with Crippen LogP contribution in [0.4, 0.5) is 0 Å². The highest BCUT2D eigenvalue weighted by atomic mass is 16.6. The first-order valence-electron chi connectivity index (χ1n) is 40.8. The van der Waals surface area contributed by atoms with Crippen LogP contribution in [0.25, 0.3) is 0 Å². The third kappa shape index (κ3) is 37.4. The van der Waals surface area contributed by atoms with Crippen LogP contribution in [0.1, 0.15) is 133 Å². The van der Waals surface area contributed by atoms with E-state index in [9.17, 15) is 105 Å². The first kappa shape index (κ1) is 101. The highest BCUT2D eigenvalue weighted by Crippen LogP contribution is 2.31. The van der Waals surface area contributed by atoms with Crippen molar-refractivity contribution in [2.45, 2.75) is 254 Å². The molecule has 5 aliphatic rings. The van der Waals surface area contributed by atoms with Gasteiger partial charge in [0, 0.05) is 115 Å². The summed E-state index contributed by atoms with van der Waals surface area (Å²) in [6.07, 6.45) is -8.94. The van der Waals surface area contributed by atoms with Crippen molar-refractivity contribution < 1.29 is 124 Å². The number of nitrogens with zero attached hydrogens (tertiary/aromatic N) is 6. The summed E-state index contributed by atoms with van der Waals surface area (Å²) in [7, 11) is 3.14. The third-order valence-electron chi connectivity index (χ3n) is 20.5. The third-order valence-corrected chi connectivity index (χ3v) is 20.5. The number of carbonyl (C=O) groups is 7. The Balaban J connectivity index is 1.38. The average molecular weight is 1670 g/mol. The molecule has 39 heteroatoms. The van der Waals surface area contributed by atoms with Gasteiger partial charge < -0.3 is 117 Å². The van der Waals surface area contributed by atoms with Gasteiger partial charge in [0.15, 0.2) is 0 Å². The van der Waals surface area contributed by atoms with Gasteiger partial charge in [-0.2, -0.15) is 0 Å². The number of hydrogen-bond acceptors (Lipinski definition) is 36. The zero-order chi connectivity index (χ0) is 87.1. The van der Waals surface area contributed by atoms with E-state index < -0.39 is 196 Å². The fraction of sp³-hybridized carbons (Fsp3) is 0.808. The molecule has 3 heterocycles. The Labute approximate surface area is 687 Å². The van der Waals surface area contributed by atoms with Gasteiger partial charge in [0.1, 0.15) is 78.3 Å². The van der Waals surface area contributed by atoms with Gasteiger partial charge >= 0.3 is 23.9 Å². The molecule has 3 saturated heterocycles. The normalized spacial score (nSPS) is 23.3. The number of nitrogens with one attached hydrogen (secondary N) is 8. The van der Waals surface area contributed by atoms with E-state index in [1.807, 2.05) is 55.9 Å². The van der Waals surface area contributed by atoms with Crippen molar-refractivity contribution >= 4 is 41.6 Å². The largest absolute Gasteiger partial charge is 0.469 e. The van der Waals surface area contributed by atoms with Crippen LogP contribution in [0.3, 0.4) is 0 Å². The van der Waals surface area contributed by atoms with Gasteiger partial charge in [0.05, 0.1) is 95.5 Å². The molecule has 3 fully saturated rings. The molecule has 0 aromatic carbocycles. The van der Waals surface area contributed by atoms with Crippen LogP contribution in [-0.2, 0) is 52.5 Å². The minimum Gasteiger partial charge on any atom is -0.469 e. The van der Waals surface area contributed by atoms with Crippen LogP contribution in [-0.4, -0.2) is 409 Å². The molecule has 5 rings (SSSR count). The van der Waals surface area contributed by atoms with Crippen molar-refractivity contribution in [1.29, 1.82) is 0 Å². The van der Waals surface area contributed by atoms with E-state index in [1.165, 1.54) is 7.11 Å². The van der Waals surface area contributed by atoms with E-state index in [0.29, 0.717) is 45.2 Å². The summed E-state index contributed by atoms with van der Waals surface area (Å²) in [5, 5.41) is 172. The van der Waals surface area contributed by atoms with Gasteiger partial charge in [0.25, 0.3) is 0 Å². The molecular formula is C78H140N14O25. The predicted molar refractivity (Wildman–Crippen MR) is 427 cm³/mol. The Bertz CT molecular complexity index is 3150. The summed E-state index contributed by atoms with van der Waals surface area (Å²) in [6.45, 7) is 14.2. The van der Waals surface area contributed by atoms with Gasteiger partial charge in [-0.05, 0) is 126 Å². The van der Waals surface area contributed by atoms with Gasteiger partial charge in [-0.3, -0.25) is 78.9 Å². The van der Waals surface area contributed by atoms with Gasteiger partial charge in [-0.1, -0.05) is 37.1 Å². The summed E-state index contributed by atoms with van der Waals surface area (Å²) in [5.41, 5.74) is 0.198. The highest BCUT2D eigenvalue weighted by Gasteiger charge is 2.39. The lowest BCUT2D eigenvalue weighted by Gasteiger charge is -2.34. The van der Waals surface area contributed by atoms with Gasteiger partial charge in [0.2, 0.25) is 17.7 Å². The summed E-state index contributed by atoms with van der Waals surface area (Å²) in [6, 6.07) is -3.45. The summed E-state index contributed by atoms with van der Waals surface area (Å²) in [4.78, 5) is 107. The summed E-state index contributed by atoms with van der Waals surface area (Å²) in [5.74, 6) is -4.67. The molecule has 0 spiro atoms.